The van der Waals surface area contributed by atoms with Crippen molar-refractivity contribution in [2.45, 2.75) is 25.3 Å². The van der Waals surface area contributed by atoms with Gasteiger partial charge in [-0.25, -0.2) is 4.39 Å². The van der Waals surface area contributed by atoms with Crippen LogP contribution in [-0.4, -0.2) is 25.7 Å². The van der Waals surface area contributed by atoms with Crippen molar-refractivity contribution in [3.63, 3.8) is 0 Å². The van der Waals surface area contributed by atoms with Crippen LogP contribution in [0.1, 0.15) is 18.4 Å². The molecule has 0 aromatic heterocycles. The van der Waals surface area contributed by atoms with Crippen LogP contribution in [0, 0.1) is 5.82 Å². The van der Waals surface area contributed by atoms with E-state index >= 15 is 0 Å². The molecule has 1 aliphatic heterocycles. The largest absolute Gasteiger partial charge is 0.314 e. The Hall–Kier alpha value is -0.930. The quantitative estimate of drug-likeness (QED) is 0.810. The predicted molar refractivity (Wildman–Crippen MR) is 64.0 cm³/mol. The molecule has 0 spiro atoms. The number of halogens is 1. The molecule has 1 aromatic rings. The second-order valence-corrected chi connectivity index (χ2v) is 4.34. The predicted octanol–water partition coefficient (Wildman–Crippen LogP) is 1.71. The molecule has 3 heteroatoms. The maximum atomic E-state index is 13.3. The Bertz CT molecular complexity index is 321. The topological polar surface area (TPSA) is 24.1 Å². The van der Waals surface area contributed by atoms with Crippen molar-refractivity contribution in [3.05, 3.63) is 35.6 Å². The fraction of sp³-hybridized carbons (Fsp3) is 0.538. The van der Waals surface area contributed by atoms with Crippen molar-refractivity contribution in [3.8, 4) is 0 Å². The molecular formula is C13H19FN2. The fourth-order valence-electron chi connectivity index (χ4n) is 2.16. The number of hydrogen-bond donors (Lipinski definition) is 2. The minimum atomic E-state index is -0.0720. The Balaban J connectivity index is 1.73. The van der Waals surface area contributed by atoms with E-state index in [4.69, 9.17) is 0 Å². The highest BCUT2D eigenvalue weighted by Crippen LogP contribution is 2.11. The summed E-state index contributed by atoms with van der Waals surface area (Å²) in [5, 5.41) is 6.82. The van der Waals surface area contributed by atoms with Crippen LogP contribution in [0.2, 0.25) is 0 Å². The summed E-state index contributed by atoms with van der Waals surface area (Å²) in [6.07, 6.45) is 2.99. The molecule has 2 N–H and O–H groups in total. The van der Waals surface area contributed by atoms with Crippen LogP contribution in [0.5, 0.6) is 0 Å². The summed E-state index contributed by atoms with van der Waals surface area (Å²) in [6, 6.07) is 7.61. The van der Waals surface area contributed by atoms with E-state index in [1.807, 2.05) is 12.1 Å². The summed E-state index contributed by atoms with van der Waals surface area (Å²) in [5.74, 6) is -0.0720. The molecule has 1 saturated heterocycles. The van der Waals surface area contributed by atoms with Crippen LogP contribution < -0.4 is 10.6 Å². The minimum Gasteiger partial charge on any atom is -0.314 e. The van der Waals surface area contributed by atoms with Crippen molar-refractivity contribution in [2.24, 2.45) is 0 Å². The molecule has 0 bridgehead atoms. The lowest BCUT2D eigenvalue weighted by atomic mass is 10.0. The molecular weight excluding hydrogens is 203 g/mol. The maximum absolute atomic E-state index is 13.3. The van der Waals surface area contributed by atoms with E-state index in [9.17, 15) is 4.39 Å². The Morgan fingerprint density at radius 3 is 2.88 bits per heavy atom. The van der Waals surface area contributed by atoms with Crippen LogP contribution >= 0.6 is 0 Å². The van der Waals surface area contributed by atoms with E-state index in [-0.39, 0.29) is 5.82 Å². The Morgan fingerprint density at radius 2 is 2.12 bits per heavy atom. The Kier molecular flexibility index (Phi) is 4.31. The fourth-order valence-corrected chi connectivity index (χ4v) is 2.16. The molecule has 1 aliphatic rings. The zero-order valence-electron chi connectivity index (χ0n) is 9.51. The van der Waals surface area contributed by atoms with E-state index in [1.165, 1.54) is 6.07 Å². The molecule has 0 amide bonds. The number of rotatable bonds is 4. The molecule has 16 heavy (non-hydrogen) atoms. The van der Waals surface area contributed by atoms with Gasteiger partial charge in [-0.05, 0) is 30.9 Å². The average molecular weight is 222 g/mol. The summed E-state index contributed by atoms with van der Waals surface area (Å²) in [6.45, 7) is 3.14. The van der Waals surface area contributed by atoms with Gasteiger partial charge in [-0.1, -0.05) is 18.2 Å². The van der Waals surface area contributed by atoms with E-state index in [0.29, 0.717) is 6.04 Å². The summed E-state index contributed by atoms with van der Waals surface area (Å²) in [7, 11) is 0. The highest BCUT2D eigenvalue weighted by Gasteiger charge is 2.11. The highest BCUT2D eigenvalue weighted by molar-refractivity contribution is 5.17. The third kappa shape index (κ3) is 3.29. The van der Waals surface area contributed by atoms with Crippen molar-refractivity contribution >= 4 is 0 Å². The van der Waals surface area contributed by atoms with Gasteiger partial charge in [0.25, 0.3) is 0 Å². The molecule has 1 aromatic carbocycles. The second kappa shape index (κ2) is 5.97. The van der Waals surface area contributed by atoms with Gasteiger partial charge in [0.1, 0.15) is 5.82 Å². The normalized spacial score (nSPS) is 20.9. The van der Waals surface area contributed by atoms with E-state index in [2.05, 4.69) is 10.6 Å². The van der Waals surface area contributed by atoms with Gasteiger partial charge in [-0.15, -0.1) is 0 Å². The number of nitrogens with one attached hydrogen (secondary N) is 2. The first-order valence-corrected chi connectivity index (χ1v) is 6.04. The molecule has 2 rings (SSSR count). The third-order valence-electron chi connectivity index (χ3n) is 3.08. The van der Waals surface area contributed by atoms with Crippen LogP contribution in [0.4, 0.5) is 4.39 Å². The molecule has 1 fully saturated rings. The molecule has 0 saturated carbocycles. The average Bonchev–Trinajstić information content (AvgIpc) is 2.33. The van der Waals surface area contributed by atoms with Crippen LogP contribution in [0.15, 0.2) is 24.3 Å². The van der Waals surface area contributed by atoms with E-state index < -0.39 is 0 Å². The third-order valence-corrected chi connectivity index (χ3v) is 3.08. The zero-order chi connectivity index (χ0) is 11.2. The molecule has 1 heterocycles. The lowest BCUT2D eigenvalue weighted by Gasteiger charge is -2.24. The van der Waals surface area contributed by atoms with E-state index in [0.717, 1.165) is 44.5 Å². The number of piperazine rings is 1. The number of hydrogen-bond acceptors (Lipinski definition) is 2. The summed E-state index contributed by atoms with van der Waals surface area (Å²) < 4.78 is 13.3. The second-order valence-electron chi connectivity index (χ2n) is 4.34. The van der Waals surface area contributed by atoms with Gasteiger partial charge in [-0.2, -0.15) is 0 Å². The van der Waals surface area contributed by atoms with E-state index in [1.54, 1.807) is 6.07 Å². The van der Waals surface area contributed by atoms with Crippen molar-refractivity contribution in [2.75, 3.05) is 19.6 Å². The standard InChI is InChI=1S/C13H19FN2/c14-13-7-2-1-4-11(13)5-3-6-12-10-15-8-9-16-12/h1-2,4,7,12,15-16H,3,5-6,8-10H2. The molecule has 1 unspecified atom stereocenters. The van der Waals surface area contributed by atoms with Gasteiger partial charge in [0.05, 0.1) is 0 Å². The van der Waals surface area contributed by atoms with Crippen molar-refractivity contribution < 1.29 is 4.39 Å². The Morgan fingerprint density at radius 1 is 1.25 bits per heavy atom. The molecule has 0 aliphatic carbocycles. The summed E-state index contributed by atoms with van der Waals surface area (Å²) >= 11 is 0. The van der Waals surface area contributed by atoms with Gasteiger partial charge in [0, 0.05) is 25.7 Å². The summed E-state index contributed by atoms with van der Waals surface area (Å²) in [4.78, 5) is 0. The first-order valence-electron chi connectivity index (χ1n) is 6.04. The van der Waals surface area contributed by atoms with Crippen LogP contribution in [0.25, 0.3) is 0 Å². The monoisotopic (exact) mass is 222 g/mol. The lowest BCUT2D eigenvalue weighted by Crippen LogP contribution is -2.48. The van der Waals surface area contributed by atoms with Crippen molar-refractivity contribution in [1.29, 1.82) is 0 Å². The van der Waals surface area contributed by atoms with Gasteiger partial charge in [0.15, 0.2) is 0 Å². The number of aryl methyl sites for hydroxylation is 1. The van der Waals surface area contributed by atoms with Gasteiger partial charge >= 0.3 is 0 Å². The smallest absolute Gasteiger partial charge is 0.126 e. The van der Waals surface area contributed by atoms with Gasteiger partial charge in [0.2, 0.25) is 0 Å². The van der Waals surface area contributed by atoms with Crippen LogP contribution in [-0.2, 0) is 6.42 Å². The minimum absolute atomic E-state index is 0.0720. The van der Waals surface area contributed by atoms with Crippen LogP contribution in [0.3, 0.4) is 0 Å². The zero-order valence-corrected chi connectivity index (χ0v) is 9.51. The molecule has 0 radical (unpaired) electrons. The Labute approximate surface area is 96.2 Å². The molecule has 88 valence electrons. The molecule has 2 nitrogen and oxygen atoms in total. The number of benzene rings is 1. The summed E-state index contributed by atoms with van der Waals surface area (Å²) in [5.41, 5.74) is 0.839. The highest BCUT2D eigenvalue weighted by atomic mass is 19.1. The first kappa shape index (κ1) is 11.6. The van der Waals surface area contributed by atoms with Gasteiger partial charge in [-0.3, -0.25) is 0 Å². The van der Waals surface area contributed by atoms with Crippen molar-refractivity contribution in [1.82, 2.24) is 10.6 Å². The molecule has 1 atom stereocenters. The SMILES string of the molecule is Fc1ccccc1CCCC1CNCCN1. The first-order chi connectivity index (χ1) is 7.86. The lowest BCUT2D eigenvalue weighted by molar-refractivity contribution is 0.391. The van der Waals surface area contributed by atoms with Gasteiger partial charge < -0.3 is 10.6 Å². The maximum Gasteiger partial charge on any atom is 0.126 e.